The normalized spacial score (nSPS) is 16.0. The Balaban J connectivity index is 2.77. The molecule has 2 unspecified atom stereocenters. The Labute approximate surface area is 70.5 Å². The summed E-state index contributed by atoms with van der Waals surface area (Å²) in [7, 11) is 1.74. The number of aromatic nitrogens is 2. The van der Waals surface area contributed by atoms with Crippen molar-refractivity contribution in [2.24, 2.45) is 12.8 Å². The summed E-state index contributed by atoms with van der Waals surface area (Å²) in [6.07, 6.45) is 1.17. The molecule has 1 aromatic rings. The van der Waals surface area contributed by atoms with Crippen LogP contribution in [0.3, 0.4) is 0 Å². The van der Waals surface area contributed by atoms with E-state index in [4.69, 9.17) is 5.73 Å². The van der Waals surface area contributed by atoms with Crippen LogP contribution in [0.2, 0.25) is 0 Å². The van der Waals surface area contributed by atoms with Gasteiger partial charge in [-0.05, 0) is 0 Å². The smallest absolute Gasteiger partial charge is 0.123 e. The molecule has 0 bridgehead atoms. The molecular weight excluding hydrogens is 158 g/mol. The number of rotatable bonds is 3. The van der Waals surface area contributed by atoms with E-state index in [1.54, 1.807) is 17.9 Å². The minimum atomic E-state index is -0.956. The van der Waals surface area contributed by atoms with Gasteiger partial charge in [-0.15, -0.1) is 0 Å². The Bertz CT molecular complexity index is 249. The molecule has 1 rings (SSSR count). The van der Waals surface area contributed by atoms with Crippen molar-refractivity contribution < 1.29 is 10.2 Å². The van der Waals surface area contributed by atoms with Crippen LogP contribution in [-0.2, 0) is 7.05 Å². The monoisotopic (exact) mass is 171 g/mol. The van der Waals surface area contributed by atoms with Gasteiger partial charge in [-0.3, -0.25) is 0 Å². The van der Waals surface area contributed by atoms with Gasteiger partial charge < -0.3 is 20.5 Å². The van der Waals surface area contributed by atoms with Gasteiger partial charge in [-0.1, -0.05) is 0 Å². The SMILES string of the molecule is Cn1cncc1C(O)C(O)CN. The van der Waals surface area contributed by atoms with Crippen molar-refractivity contribution in [1.29, 1.82) is 0 Å². The quantitative estimate of drug-likeness (QED) is 0.532. The first-order valence-corrected chi connectivity index (χ1v) is 3.69. The number of hydrogen-bond acceptors (Lipinski definition) is 4. The molecule has 0 spiro atoms. The van der Waals surface area contributed by atoms with Crippen molar-refractivity contribution in [3.63, 3.8) is 0 Å². The van der Waals surface area contributed by atoms with E-state index >= 15 is 0 Å². The summed E-state index contributed by atoms with van der Waals surface area (Å²) in [6.45, 7) is 0.0341. The molecule has 0 amide bonds. The van der Waals surface area contributed by atoms with E-state index in [1.165, 1.54) is 6.20 Å². The van der Waals surface area contributed by atoms with Crippen molar-refractivity contribution in [3.8, 4) is 0 Å². The van der Waals surface area contributed by atoms with Gasteiger partial charge in [-0.25, -0.2) is 4.98 Å². The maximum Gasteiger partial charge on any atom is 0.123 e. The third-order valence-corrected chi connectivity index (χ3v) is 1.76. The Hall–Kier alpha value is -0.910. The lowest BCUT2D eigenvalue weighted by Crippen LogP contribution is -2.28. The largest absolute Gasteiger partial charge is 0.389 e. The first-order valence-electron chi connectivity index (χ1n) is 3.69. The summed E-state index contributed by atoms with van der Waals surface area (Å²) < 4.78 is 1.64. The topological polar surface area (TPSA) is 84.3 Å². The number of aryl methyl sites for hydroxylation is 1. The van der Waals surface area contributed by atoms with E-state index < -0.39 is 12.2 Å². The number of imidazole rings is 1. The Morgan fingerprint density at radius 2 is 2.33 bits per heavy atom. The van der Waals surface area contributed by atoms with Crippen molar-refractivity contribution in [2.75, 3.05) is 6.54 Å². The van der Waals surface area contributed by atoms with Crippen LogP contribution in [0.25, 0.3) is 0 Å². The molecule has 2 atom stereocenters. The van der Waals surface area contributed by atoms with Crippen LogP contribution in [0.1, 0.15) is 11.8 Å². The lowest BCUT2D eigenvalue weighted by Gasteiger charge is -2.15. The second kappa shape index (κ2) is 3.66. The minimum absolute atomic E-state index is 0.0341. The predicted molar refractivity (Wildman–Crippen MR) is 43.2 cm³/mol. The zero-order chi connectivity index (χ0) is 9.14. The molecule has 0 saturated heterocycles. The third-order valence-electron chi connectivity index (χ3n) is 1.76. The minimum Gasteiger partial charge on any atom is -0.389 e. The molecule has 0 radical (unpaired) electrons. The highest BCUT2D eigenvalue weighted by atomic mass is 16.3. The standard InChI is InChI=1S/C7H13N3O2/c1-10-4-9-3-5(10)7(12)6(11)2-8/h3-4,6-7,11-12H,2,8H2,1H3. The van der Waals surface area contributed by atoms with E-state index in [2.05, 4.69) is 4.98 Å². The van der Waals surface area contributed by atoms with Crippen molar-refractivity contribution in [1.82, 2.24) is 9.55 Å². The second-order valence-electron chi connectivity index (χ2n) is 2.68. The summed E-state index contributed by atoms with van der Waals surface area (Å²) in [5.74, 6) is 0. The Kier molecular flexibility index (Phi) is 2.80. The summed E-state index contributed by atoms with van der Waals surface area (Å²) in [5.41, 5.74) is 5.75. The average molecular weight is 171 g/mol. The Morgan fingerprint density at radius 3 is 2.75 bits per heavy atom. The van der Waals surface area contributed by atoms with Gasteiger partial charge >= 0.3 is 0 Å². The fourth-order valence-corrected chi connectivity index (χ4v) is 0.978. The number of nitrogens with two attached hydrogens (primary N) is 1. The summed E-state index contributed by atoms with van der Waals surface area (Å²) in [4.78, 5) is 3.81. The highest BCUT2D eigenvalue weighted by Gasteiger charge is 2.18. The highest BCUT2D eigenvalue weighted by Crippen LogP contribution is 2.14. The van der Waals surface area contributed by atoms with Gasteiger partial charge in [-0.2, -0.15) is 0 Å². The molecule has 1 aromatic heterocycles. The fourth-order valence-electron chi connectivity index (χ4n) is 0.978. The number of aliphatic hydroxyl groups is 2. The zero-order valence-electron chi connectivity index (χ0n) is 6.88. The molecule has 68 valence electrons. The maximum atomic E-state index is 9.47. The molecule has 4 N–H and O–H groups in total. The van der Waals surface area contributed by atoms with Crippen LogP contribution in [0.15, 0.2) is 12.5 Å². The van der Waals surface area contributed by atoms with E-state index in [1.807, 2.05) is 0 Å². The lowest BCUT2D eigenvalue weighted by molar-refractivity contribution is 0.0200. The molecule has 0 aliphatic heterocycles. The van der Waals surface area contributed by atoms with Crippen LogP contribution in [-0.4, -0.2) is 32.4 Å². The van der Waals surface area contributed by atoms with Gasteiger partial charge in [0.2, 0.25) is 0 Å². The second-order valence-corrected chi connectivity index (χ2v) is 2.68. The van der Waals surface area contributed by atoms with Gasteiger partial charge in [0.05, 0.1) is 24.3 Å². The van der Waals surface area contributed by atoms with Crippen molar-refractivity contribution in [3.05, 3.63) is 18.2 Å². The van der Waals surface area contributed by atoms with Crippen LogP contribution in [0, 0.1) is 0 Å². The van der Waals surface area contributed by atoms with E-state index in [0.29, 0.717) is 5.69 Å². The molecule has 0 aromatic carbocycles. The van der Waals surface area contributed by atoms with Crippen LogP contribution >= 0.6 is 0 Å². The molecule has 1 heterocycles. The van der Waals surface area contributed by atoms with Gasteiger partial charge in [0.15, 0.2) is 0 Å². The first-order chi connectivity index (χ1) is 5.66. The van der Waals surface area contributed by atoms with Crippen molar-refractivity contribution in [2.45, 2.75) is 12.2 Å². The van der Waals surface area contributed by atoms with Gasteiger partial charge in [0.1, 0.15) is 6.10 Å². The van der Waals surface area contributed by atoms with Gasteiger partial charge in [0.25, 0.3) is 0 Å². The van der Waals surface area contributed by atoms with Crippen molar-refractivity contribution >= 4 is 0 Å². The molecule has 12 heavy (non-hydrogen) atoms. The molecule has 0 saturated carbocycles. The number of hydrogen-bond donors (Lipinski definition) is 3. The molecular formula is C7H13N3O2. The maximum absolute atomic E-state index is 9.47. The summed E-state index contributed by atoms with van der Waals surface area (Å²) in [6, 6.07) is 0. The first kappa shape index (κ1) is 9.18. The zero-order valence-corrected chi connectivity index (χ0v) is 6.88. The molecule has 0 aliphatic rings. The average Bonchev–Trinajstić information content (AvgIpc) is 2.48. The Morgan fingerprint density at radius 1 is 1.67 bits per heavy atom. The third kappa shape index (κ3) is 1.63. The number of nitrogens with zero attached hydrogens (tertiary/aromatic N) is 2. The lowest BCUT2D eigenvalue weighted by atomic mass is 10.1. The predicted octanol–water partition coefficient (Wildman–Crippen LogP) is -1.23. The fraction of sp³-hybridized carbons (Fsp3) is 0.571. The van der Waals surface area contributed by atoms with Crippen LogP contribution in [0.5, 0.6) is 0 Å². The molecule has 5 heteroatoms. The molecule has 5 nitrogen and oxygen atoms in total. The van der Waals surface area contributed by atoms with Crippen LogP contribution in [0.4, 0.5) is 0 Å². The highest BCUT2D eigenvalue weighted by molar-refractivity contribution is 5.03. The van der Waals surface area contributed by atoms with E-state index in [0.717, 1.165) is 0 Å². The number of aliphatic hydroxyl groups excluding tert-OH is 2. The molecule has 0 fully saturated rings. The molecule has 0 aliphatic carbocycles. The van der Waals surface area contributed by atoms with E-state index in [9.17, 15) is 10.2 Å². The van der Waals surface area contributed by atoms with Crippen LogP contribution < -0.4 is 5.73 Å². The van der Waals surface area contributed by atoms with E-state index in [-0.39, 0.29) is 6.54 Å². The summed E-state index contributed by atoms with van der Waals surface area (Å²) in [5, 5.41) is 18.7. The summed E-state index contributed by atoms with van der Waals surface area (Å²) >= 11 is 0. The van der Waals surface area contributed by atoms with Gasteiger partial charge in [0, 0.05) is 13.6 Å².